The first-order valence-corrected chi connectivity index (χ1v) is 7.09. The second-order valence-corrected chi connectivity index (χ2v) is 6.17. The van der Waals surface area contributed by atoms with Crippen LogP contribution in [0.4, 0.5) is 4.79 Å². The maximum atomic E-state index is 11.6. The summed E-state index contributed by atoms with van der Waals surface area (Å²) in [7, 11) is -0.950. The van der Waals surface area contributed by atoms with Crippen molar-refractivity contribution >= 4 is 22.8 Å². The van der Waals surface area contributed by atoms with E-state index in [0.29, 0.717) is 19.6 Å². The number of nitrogens with zero attached hydrogens (tertiary/aromatic N) is 1. The van der Waals surface area contributed by atoms with Crippen LogP contribution in [0, 0.1) is 5.92 Å². The van der Waals surface area contributed by atoms with Gasteiger partial charge in [-0.15, -0.1) is 0 Å². The number of carboxylic acid groups (broad SMARTS) is 1. The van der Waals surface area contributed by atoms with Crippen LogP contribution in [0.15, 0.2) is 0 Å². The van der Waals surface area contributed by atoms with Crippen LogP contribution in [0.3, 0.4) is 0 Å². The fraction of sp³-hybridized carbons (Fsp3) is 0.800. The highest BCUT2D eigenvalue weighted by Gasteiger charge is 2.31. The summed E-state index contributed by atoms with van der Waals surface area (Å²) >= 11 is 0. The standard InChI is InChI=1S/C10H18N2O4S/c1-7(17(2)16)4-11-10(15)12-5-8(6-12)3-9(13)14/h7-8H,3-6H2,1-2H3,(H,11,15)(H,13,14). The van der Waals surface area contributed by atoms with Gasteiger partial charge in [0.05, 0.1) is 6.42 Å². The molecule has 6 nitrogen and oxygen atoms in total. The zero-order chi connectivity index (χ0) is 13.0. The normalized spacial score (nSPS) is 19.3. The smallest absolute Gasteiger partial charge is 0.317 e. The number of carboxylic acids is 1. The molecule has 1 saturated heterocycles. The maximum absolute atomic E-state index is 11.6. The number of nitrogens with one attached hydrogen (secondary N) is 1. The molecule has 0 bridgehead atoms. The molecule has 2 unspecified atom stereocenters. The summed E-state index contributed by atoms with van der Waals surface area (Å²) < 4.78 is 11.1. The molecule has 2 atom stereocenters. The van der Waals surface area contributed by atoms with Crippen LogP contribution in [0.25, 0.3) is 0 Å². The highest BCUT2D eigenvalue weighted by atomic mass is 32.2. The molecule has 0 aliphatic carbocycles. The molecule has 0 spiro atoms. The van der Waals surface area contributed by atoms with E-state index >= 15 is 0 Å². The van der Waals surface area contributed by atoms with Crippen molar-refractivity contribution in [3.8, 4) is 0 Å². The number of hydrogen-bond acceptors (Lipinski definition) is 3. The van der Waals surface area contributed by atoms with Gasteiger partial charge in [-0.05, 0) is 6.92 Å². The summed E-state index contributed by atoms with van der Waals surface area (Å²) in [6.07, 6.45) is 1.71. The summed E-state index contributed by atoms with van der Waals surface area (Å²) in [5.74, 6) is -0.763. The van der Waals surface area contributed by atoms with E-state index in [9.17, 15) is 13.8 Å². The first kappa shape index (κ1) is 14.0. The summed E-state index contributed by atoms with van der Waals surface area (Å²) in [6.45, 7) is 3.16. The topological polar surface area (TPSA) is 86.7 Å². The van der Waals surface area contributed by atoms with Crippen molar-refractivity contribution in [3.63, 3.8) is 0 Å². The minimum atomic E-state index is -0.950. The van der Waals surface area contributed by atoms with Gasteiger partial charge in [0.25, 0.3) is 0 Å². The Morgan fingerprint density at radius 3 is 2.59 bits per heavy atom. The van der Waals surface area contributed by atoms with Gasteiger partial charge in [0, 0.05) is 47.9 Å². The van der Waals surface area contributed by atoms with Gasteiger partial charge in [-0.25, -0.2) is 4.79 Å². The molecule has 98 valence electrons. The van der Waals surface area contributed by atoms with E-state index in [0.717, 1.165) is 0 Å². The third kappa shape index (κ3) is 4.33. The lowest BCUT2D eigenvalue weighted by atomic mass is 9.97. The molecule has 0 aromatic carbocycles. The van der Waals surface area contributed by atoms with E-state index in [1.165, 1.54) is 0 Å². The molecule has 1 aliphatic rings. The van der Waals surface area contributed by atoms with E-state index in [4.69, 9.17) is 5.11 Å². The van der Waals surface area contributed by atoms with Crippen molar-refractivity contribution in [1.82, 2.24) is 10.2 Å². The van der Waals surface area contributed by atoms with Gasteiger partial charge in [0.2, 0.25) is 0 Å². The minimum absolute atomic E-state index is 0.0657. The van der Waals surface area contributed by atoms with Crippen LogP contribution in [0.2, 0.25) is 0 Å². The molecular weight excluding hydrogens is 244 g/mol. The predicted octanol–water partition coefficient (Wildman–Crippen LogP) is -0.130. The van der Waals surface area contributed by atoms with E-state index < -0.39 is 16.8 Å². The first-order valence-electron chi connectivity index (χ1n) is 5.47. The van der Waals surface area contributed by atoms with E-state index in [1.807, 2.05) is 0 Å². The van der Waals surface area contributed by atoms with Crippen molar-refractivity contribution in [2.24, 2.45) is 5.92 Å². The van der Waals surface area contributed by atoms with Gasteiger partial charge < -0.3 is 15.3 Å². The van der Waals surface area contributed by atoms with Gasteiger partial charge in [-0.1, -0.05) is 0 Å². The van der Waals surface area contributed by atoms with Crippen LogP contribution in [0.5, 0.6) is 0 Å². The number of carbonyl (C=O) groups is 2. The lowest BCUT2D eigenvalue weighted by molar-refractivity contribution is -0.139. The van der Waals surface area contributed by atoms with Gasteiger partial charge in [0.1, 0.15) is 0 Å². The van der Waals surface area contributed by atoms with Crippen LogP contribution in [0.1, 0.15) is 13.3 Å². The number of rotatable bonds is 5. The van der Waals surface area contributed by atoms with Crippen molar-refractivity contribution in [2.75, 3.05) is 25.9 Å². The molecule has 1 aliphatic heterocycles. The van der Waals surface area contributed by atoms with Gasteiger partial charge in [0.15, 0.2) is 0 Å². The van der Waals surface area contributed by atoms with Crippen molar-refractivity contribution < 1.29 is 18.9 Å². The average molecular weight is 262 g/mol. The predicted molar refractivity (Wildman–Crippen MR) is 64.2 cm³/mol. The Bertz CT molecular complexity index is 328. The van der Waals surface area contributed by atoms with Crippen molar-refractivity contribution in [3.05, 3.63) is 0 Å². The molecule has 0 saturated carbocycles. The van der Waals surface area contributed by atoms with Crippen LogP contribution >= 0.6 is 0 Å². The van der Waals surface area contributed by atoms with Gasteiger partial charge in [-0.3, -0.25) is 9.00 Å². The fourth-order valence-electron chi connectivity index (χ4n) is 1.57. The Kier molecular flexibility index (Phi) is 4.92. The summed E-state index contributed by atoms with van der Waals surface area (Å²) in [5.41, 5.74) is 0. The van der Waals surface area contributed by atoms with Gasteiger partial charge >= 0.3 is 12.0 Å². The third-order valence-corrected chi connectivity index (χ3v) is 4.11. The molecule has 0 aromatic heterocycles. The van der Waals surface area contributed by atoms with Crippen LogP contribution < -0.4 is 5.32 Å². The second-order valence-electron chi connectivity index (χ2n) is 4.36. The monoisotopic (exact) mass is 262 g/mol. The maximum Gasteiger partial charge on any atom is 0.317 e. The Balaban J connectivity index is 2.19. The number of urea groups is 1. The SMILES string of the molecule is CC(CNC(=O)N1CC(CC(=O)O)C1)S(C)=O. The molecule has 1 heterocycles. The summed E-state index contributed by atoms with van der Waals surface area (Å²) in [6, 6.07) is -0.205. The molecule has 7 heteroatoms. The first-order chi connectivity index (χ1) is 7.90. The number of hydrogen-bond donors (Lipinski definition) is 2. The minimum Gasteiger partial charge on any atom is -0.481 e. The summed E-state index contributed by atoms with van der Waals surface area (Å²) in [5, 5.41) is 11.2. The Morgan fingerprint density at radius 1 is 1.53 bits per heavy atom. The van der Waals surface area contributed by atoms with Crippen molar-refractivity contribution in [1.29, 1.82) is 0 Å². The highest BCUT2D eigenvalue weighted by molar-refractivity contribution is 7.84. The Labute approximate surface area is 103 Å². The third-order valence-electron chi connectivity index (χ3n) is 2.82. The number of carbonyl (C=O) groups excluding carboxylic acids is 1. The fourth-order valence-corrected chi connectivity index (χ4v) is 1.89. The highest BCUT2D eigenvalue weighted by Crippen LogP contribution is 2.18. The number of amides is 2. The number of aliphatic carboxylic acids is 1. The zero-order valence-corrected chi connectivity index (χ0v) is 10.8. The van der Waals surface area contributed by atoms with Crippen molar-refractivity contribution in [2.45, 2.75) is 18.6 Å². The Hall–Kier alpha value is -1.11. The Morgan fingerprint density at radius 2 is 2.12 bits per heavy atom. The lowest BCUT2D eigenvalue weighted by Gasteiger charge is -2.38. The average Bonchev–Trinajstić information content (AvgIpc) is 2.18. The van der Waals surface area contributed by atoms with E-state index in [-0.39, 0.29) is 23.6 Å². The largest absolute Gasteiger partial charge is 0.481 e. The van der Waals surface area contributed by atoms with E-state index in [1.54, 1.807) is 18.1 Å². The van der Waals surface area contributed by atoms with Crippen LogP contribution in [-0.2, 0) is 15.6 Å². The molecule has 1 fully saturated rings. The molecule has 0 aromatic rings. The zero-order valence-electron chi connectivity index (χ0n) is 10.0. The second kappa shape index (κ2) is 6.00. The quantitative estimate of drug-likeness (QED) is 0.722. The molecule has 2 N–H and O–H groups in total. The number of likely N-dealkylation sites (tertiary alicyclic amines) is 1. The van der Waals surface area contributed by atoms with E-state index in [2.05, 4.69) is 5.32 Å². The lowest BCUT2D eigenvalue weighted by Crippen LogP contribution is -2.55. The molecule has 2 amide bonds. The molecular formula is C10H18N2O4S. The van der Waals surface area contributed by atoms with Gasteiger partial charge in [-0.2, -0.15) is 0 Å². The van der Waals surface area contributed by atoms with Crippen LogP contribution in [-0.4, -0.2) is 57.4 Å². The molecule has 1 rings (SSSR count). The molecule has 17 heavy (non-hydrogen) atoms. The molecule has 0 radical (unpaired) electrons. The summed E-state index contributed by atoms with van der Waals surface area (Å²) in [4.78, 5) is 23.5.